The van der Waals surface area contributed by atoms with Gasteiger partial charge in [-0.05, 0) is 36.9 Å². The predicted molar refractivity (Wildman–Crippen MR) is 125 cm³/mol. The van der Waals surface area contributed by atoms with Gasteiger partial charge in [0.1, 0.15) is 5.52 Å². The molecule has 4 aromatic rings. The van der Waals surface area contributed by atoms with E-state index in [1.807, 2.05) is 24.5 Å². The number of anilines is 2. The molecule has 5 rings (SSSR count). The smallest absolute Gasteiger partial charge is 0.112 e. The number of hydrogen-bond donors (Lipinski definition) is 2. The number of likely N-dealkylation sites (N-methyl/N-ethyl adjacent to an activating group) is 1. The minimum absolute atomic E-state index is 0.138. The Balaban J connectivity index is 1.44. The van der Waals surface area contributed by atoms with E-state index in [4.69, 9.17) is 10.7 Å². The second-order valence-corrected chi connectivity index (χ2v) is 8.28. The van der Waals surface area contributed by atoms with Gasteiger partial charge in [0.15, 0.2) is 0 Å². The van der Waals surface area contributed by atoms with Crippen LogP contribution in [-0.2, 0) is 0 Å². The van der Waals surface area contributed by atoms with Crippen molar-refractivity contribution in [3.63, 3.8) is 0 Å². The first-order valence-electron chi connectivity index (χ1n) is 10.7. The zero-order valence-electron chi connectivity index (χ0n) is 17.9. The van der Waals surface area contributed by atoms with Crippen LogP contribution in [0.2, 0.25) is 0 Å². The standard InChI is InChI=1S/C24H27N7/c1-16(17-4-3-5-19(12-17)31-10-8-30(2)9-11-31)22-15-26-24-21(29-22)7-6-20(23(24)25)18-13-27-28-14-18/h3-7,12-16H,8-11,25H2,1-2H3,(H,27,28)/t16-/m1/s1. The Labute approximate surface area is 181 Å². The van der Waals surface area contributed by atoms with Crippen molar-refractivity contribution in [3.05, 3.63) is 66.2 Å². The van der Waals surface area contributed by atoms with Crippen molar-refractivity contribution in [2.75, 3.05) is 43.9 Å². The third kappa shape index (κ3) is 3.72. The third-order valence-electron chi connectivity index (χ3n) is 6.26. The molecule has 3 heterocycles. The Kier molecular flexibility index (Phi) is 5.03. The summed E-state index contributed by atoms with van der Waals surface area (Å²) in [4.78, 5) is 14.4. The number of nitrogens with two attached hydrogens (primary N) is 1. The van der Waals surface area contributed by atoms with Crippen molar-refractivity contribution >= 4 is 22.4 Å². The van der Waals surface area contributed by atoms with E-state index in [0.29, 0.717) is 5.69 Å². The van der Waals surface area contributed by atoms with Gasteiger partial charge in [-0.25, -0.2) is 4.98 Å². The maximum atomic E-state index is 6.41. The first-order valence-corrected chi connectivity index (χ1v) is 10.7. The molecular formula is C24H27N7. The van der Waals surface area contributed by atoms with Crippen LogP contribution in [-0.4, -0.2) is 58.3 Å². The van der Waals surface area contributed by atoms with Crippen molar-refractivity contribution in [2.24, 2.45) is 0 Å². The zero-order valence-corrected chi connectivity index (χ0v) is 17.9. The molecule has 2 aromatic carbocycles. The maximum absolute atomic E-state index is 6.41. The summed E-state index contributed by atoms with van der Waals surface area (Å²) in [6.45, 7) is 6.49. The van der Waals surface area contributed by atoms with Gasteiger partial charge in [-0.15, -0.1) is 0 Å². The van der Waals surface area contributed by atoms with Gasteiger partial charge in [0.05, 0.1) is 23.1 Å². The lowest BCUT2D eigenvalue weighted by Gasteiger charge is -2.34. The Hall–Kier alpha value is -3.45. The summed E-state index contributed by atoms with van der Waals surface area (Å²) in [5, 5.41) is 6.84. The van der Waals surface area contributed by atoms with E-state index in [9.17, 15) is 0 Å². The molecule has 0 unspecified atom stereocenters. The monoisotopic (exact) mass is 413 g/mol. The van der Waals surface area contributed by atoms with E-state index in [0.717, 1.165) is 54.0 Å². The number of nitrogen functional groups attached to an aromatic ring is 1. The van der Waals surface area contributed by atoms with Crippen LogP contribution in [0.15, 0.2) is 55.0 Å². The van der Waals surface area contributed by atoms with Crippen LogP contribution in [0.5, 0.6) is 0 Å². The Morgan fingerprint density at radius 2 is 1.90 bits per heavy atom. The molecule has 0 radical (unpaired) electrons. The number of hydrogen-bond acceptors (Lipinski definition) is 6. The highest BCUT2D eigenvalue weighted by Crippen LogP contribution is 2.32. The SMILES string of the molecule is C[C@H](c1cccc(N2CCN(C)CC2)c1)c1cnc2c(N)c(-c3cn[nH]c3)ccc2n1. The fraction of sp³-hybridized carbons (Fsp3) is 0.292. The second-order valence-electron chi connectivity index (χ2n) is 8.28. The fourth-order valence-corrected chi connectivity index (χ4v) is 4.21. The van der Waals surface area contributed by atoms with E-state index in [1.54, 1.807) is 6.20 Å². The van der Waals surface area contributed by atoms with E-state index < -0.39 is 0 Å². The van der Waals surface area contributed by atoms with Gasteiger partial charge in [0, 0.05) is 61.3 Å². The molecule has 2 aromatic heterocycles. The number of aromatic amines is 1. The number of rotatable bonds is 4. The van der Waals surface area contributed by atoms with E-state index in [-0.39, 0.29) is 5.92 Å². The summed E-state index contributed by atoms with van der Waals surface area (Å²) in [6.07, 6.45) is 5.44. The predicted octanol–water partition coefficient (Wildman–Crippen LogP) is 3.51. The number of aromatic nitrogens is 4. The summed E-state index contributed by atoms with van der Waals surface area (Å²) >= 11 is 0. The Morgan fingerprint density at radius 1 is 1.06 bits per heavy atom. The van der Waals surface area contributed by atoms with Crippen molar-refractivity contribution in [1.82, 2.24) is 25.1 Å². The number of benzene rings is 2. The summed E-state index contributed by atoms with van der Waals surface area (Å²) in [7, 11) is 2.18. The quantitative estimate of drug-likeness (QED) is 0.498. The molecule has 1 fully saturated rings. The van der Waals surface area contributed by atoms with E-state index in [1.165, 1.54) is 11.3 Å². The number of H-pyrrole nitrogens is 1. The van der Waals surface area contributed by atoms with Crippen molar-refractivity contribution in [3.8, 4) is 11.1 Å². The van der Waals surface area contributed by atoms with Crippen LogP contribution in [0.4, 0.5) is 11.4 Å². The van der Waals surface area contributed by atoms with Gasteiger partial charge >= 0.3 is 0 Å². The molecule has 1 atom stereocenters. The molecule has 1 aliphatic rings. The van der Waals surface area contributed by atoms with E-state index >= 15 is 0 Å². The molecular weight excluding hydrogens is 386 g/mol. The zero-order chi connectivity index (χ0) is 21.4. The van der Waals surface area contributed by atoms with Gasteiger partial charge in [0.25, 0.3) is 0 Å². The average Bonchev–Trinajstić information content (AvgIpc) is 3.34. The lowest BCUT2D eigenvalue weighted by Crippen LogP contribution is -2.44. The normalized spacial score (nSPS) is 16.0. The minimum atomic E-state index is 0.138. The molecule has 0 amide bonds. The Bertz CT molecular complexity index is 1190. The maximum Gasteiger partial charge on any atom is 0.112 e. The highest BCUT2D eigenvalue weighted by molar-refractivity contribution is 5.95. The molecule has 1 saturated heterocycles. The fourth-order valence-electron chi connectivity index (χ4n) is 4.21. The highest BCUT2D eigenvalue weighted by atomic mass is 15.2. The molecule has 7 heteroatoms. The summed E-state index contributed by atoms with van der Waals surface area (Å²) < 4.78 is 0. The topological polar surface area (TPSA) is 87.0 Å². The van der Waals surface area contributed by atoms with Crippen LogP contribution in [0.25, 0.3) is 22.2 Å². The van der Waals surface area contributed by atoms with Gasteiger partial charge in [0.2, 0.25) is 0 Å². The van der Waals surface area contributed by atoms with Gasteiger partial charge < -0.3 is 15.5 Å². The summed E-state index contributed by atoms with van der Waals surface area (Å²) in [5.74, 6) is 0.138. The second kappa shape index (κ2) is 8.00. The van der Waals surface area contributed by atoms with Crippen molar-refractivity contribution < 1.29 is 0 Å². The highest BCUT2D eigenvalue weighted by Gasteiger charge is 2.18. The summed E-state index contributed by atoms with van der Waals surface area (Å²) in [6, 6.07) is 12.8. The molecule has 0 bridgehead atoms. The number of fused-ring (bicyclic) bond motifs is 1. The van der Waals surface area contributed by atoms with Crippen LogP contribution in [0, 0.1) is 0 Å². The number of nitrogens with zero attached hydrogens (tertiary/aromatic N) is 5. The van der Waals surface area contributed by atoms with Crippen LogP contribution in [0.1, 0.15) is 24.1 Å². The molecule has 3 N–H and O–H groups in total. The number of nitrogens with one attached hydrogen (secondary N) is 1. The van der Waals surface area contributed by atoms with Crippen LogP contribution >= 0.6 is 0 Å². The minimum Gasteiger partial charge on any atom is -0.396 e. The molecule has 0 saturated carbocycles. The van der Waals surface area contributed by atoms with E-state index in [2.05, 4.69) is 63.2 Å². The van der Waals surface area contributed by atoms with Crippen molar-refractivity contribution in [1.29, 1.82) is 0 Å². The molecule has 7 nitrogen and oxygen atoms in total. The molecule has 158 valence electrons. The van der Waals surface area contributed by atoms with Crippen LogP contribution < -0.4 is 10.6 Å². The third-order valence-corrected chi connectivity index (χ3v) is 6.26. The lowest BCUT2D eigenvalue weighted by atomic mass is 9.97. The first-order chi connectivity index (χ1) is 15.1. The number of piperazine rings is 1. The Morgan fingerprint density at radius 3 is 2.68 bits per heavy atom. The molecule has 0 aliphatic carbocycles. The molecule has 1 aliphatic heterocycles. The van der Waals surface area contributed by atoms with Gasteiger partial charge in [-0.3, -0.25) is 10.1 Å². The molecule has 0 spiro atoms. The van der Waals surface area contributed by atoms with Crippen LogP contribution in [0.3, 0.4) is 0 Å². The lowest BCUT2D eigenvalue weighted by molar-refractivity contribution is 0.313. The van der Waals surface area contributed by atoms with Gasteiger partial charge in [-0.1, -0.05) is 19.1 Å². The first kappa shape index (κ1) is 19.5. The summed E-state index contributed by atoms with van der Waals surface area (Å²) in [5.41, 5.74) is 13.9. The van der Waals surface area contributed by atoms with Gasteiger partial charge in [-0.2, -0.15) is 5.10 Å². The average molecular weight is 414 g/mol. The molecule has 31 heavy (non-hydrogen) atoms. The van der Waals surface area contributed by atoms with Crippen molar-refractivity contribution in [2.45, 2.75) is 12.8 Å². The largest absolute Gasteiger partial charge is 0.396 e.